The fourth-order valence-corrected chi connectivity index (χ4v) is 5.03. The molecule has 1 spiro atoms. The predicted octanol–water partition coefficient (Wildman–Crippen LogP) is 0.388. The number of aromatic nitrogens is 2. The number of sulfonamides is 1. The van der Waals surface area contributed by atoms with E-state index in [9.17, 15) is 13.2 Å². The Bertz CT molecular complexity index is 637. The van der Waals surface area contributed by atoms with Crippen LogP contribution in [0, 0.1) is 11.3 Å². The van der Waals surface area contributed by atoms with Crippen LogP contribution in [0.4, 0.5) is 0 Å². The quantitative estimate of drug-likeness (QED) is 0.868. The fraction of sp³-hybridized carbons (Fsp3) is 0.667. The van der Waals surface area contributed by atoms with Gasteiger partial charge >= 0.3 is 5.97 Å². The summed E-state index contributed by atoms with van der Waals surface area (Å²) >= 11 is 0. The van der Waals surface area contributed by atoms with Gasteiger partial charge < -0.3 is 5.11 Å². The lowest BCUT2D eigenvalue weighted by atomic mass is 9.58. The molecule has 0 unspecified atom stereocenters. The summed E-state index contributed by atoms with van der Waals surface area (Å²) in [4.78, 5) is 10.8. The third kappa shape index (κ3) is 1.86. The number of aryl methyl sites for hydroxylation is 1. The molecule has 1 aromatic heterocycles. The maximum Gasteiger partial charge on any atom is 0.306 e. The lowest BCUT2D eigenvalue weighted by molar-refractivity contribution is -0.155. The van der Waals surface area contributed by atoms with Crippen LogP contribution in [-0.4, -0.2) is 46.7 Å². The van der Waals surface area contributed by atoms with Gasteiger partial charge in [-0.3, -0.25) is 9.48 Å². The summed E-state index contributed by atoms with van der Waals surface area (Å²) in [5, 5.41) is 13.1. The van der Waals surface area contributed by atoms with Gasteiger partial charge in [-0.05, 0) is 31.2 Å². The van der Waals surface area contributed by atoms with Crippen LogP contribution in [0.1, 0.15) is 19.8 Å². The van der Waals surface area contributed by atoms with Crippen molar-refractivity contribution in [3.63, 3.8) is 0 Å². The minimum atomic E-state index is -3.50. The highest BCUT2D eigenvalue weighted by atomic mass is 32.2. The van der Waals surface area contributed by atoms with E-state index in [4.69, 9.17) is 5.11 Å². The lowest BCUT2D eigenvalue weighted by Gasteiger charge is -2.57. The predicted molar refractivity (Wildman–Crippen MR) is 69.5 cm³/mol. The SMILES string of the molecule is CCn1nccc1S(=O)(=O)N1CC2(CC(C(=O)O)C2)C1. The smallest absolute Gasteiger partial charge is 0.306 e. The van der Waals surface area contributed by atoms with Gasteiger partial charge in [0.15, 0.2) is 5.03 Å². The van der Waals surface area contributed by atoms with Crippen molar-refractivity contribution < 1.29 is 18.3 Å². The second-order valence-corrected chi connectivity index (χ2v) is 7.59. The highest BCUT2D eigenvalue weighted by Crippen LogP contribution is 2.53. The molecule has 1 aliphatic heterocycles. The van der Waals surface area contributed by atoms with Crippen LogP contribution in [0.2, 0.25) is 0 Å². The number of nitrogens with zero attached hydrogens (tertiary/aromatic N) is 3. The average molecular weight is 299 g/mol. The maximum absolute atomic E-state index is 12.4. The molecule has 2 heterocycles. The van der Waals surface area contributed by atoms with Crippen molar-refractivity contribution in [3.8, 4) is 0 Å². The number of rotatable bonds is 4. The Kier molecular flexibility index (Phi) is 2.91. The molecule has 0 bridgehead atoms. The van der Waals surface area contributed by atoms with E-state index >= 15 is 0 Å². The molecule has 1 aliphatic carbocycles. The maximum atomic E-state index is 12.4. The van der Waals surface area contributed by atoms with Gasteiger partial charge in [-0.15, -0.1) is 0 Å². The van der Waals surface area contributed by atoms with E-state index in [0.29, 0.717) is 32.5 Å². The second kappa shape index (κ2) is 4.29. The Labute approximate surface area is 117 Å². The molecule has 20 heavy (non-hydrogen) atoms. The first-order valence-corrected chi connectivity index (χ1v) is 8.07. The summed E-state index contributed by atoms with van der Waals surface area (Å²) in [7, 11) is -3.50. The van der Waals surface area contributed by atoms with E-state index in [-0.39, 0.29) is 16.4 Å². The number of carbonyl (C=O) groups is 1. The topological polar surface area (TPSA) is 92.5 Å². The van der Waals surface area contributed by atoms with Gasteiger partial charge in [0, 0.05) is 19.6 Å². The molecule has 0 radical (unpaired) electrons. The van der Waals surface area contributed by atoms with Crippen LogP contribution >= 0.6 is 0 Å². The molecule has 1 N–H and O–H groups in total. The molecular weight excluding hydrogens is 282 g/mol. The molecule has 0 amide bonds. The first kappa shape index (κ1) is 13.6. The van der Waals surface area contributed by atoms with Gasteiger partial charge in [-0.25, -0.2) is 8.42 Å². The van der Waals surface area contributed by atoms with E-state index in [1.54, 1.807) is 0 Å². The van der Waals surface area contributed by atoms with Gasteiger partial charge in [-0.2, -0.15) is 9.40 Å². The van der Waals surface area contributed by atoms with Gasteiger partial charge in [0.25, 0.3) is 10.0 Å². The van der Waals surface area contributed by atoms with Crippen molar-refractivity contribution in [1.82, 2.24) is 14.1 Å². The fourth-order valence-electron chi connectivity index (χ4n) is 3.20. The zero-order valence-electron chi connectivity index (χ0n) is 11.2. The van der Waals surface area contributed by atoms with E-state index in [2.05, 4.69) is 5.10 Å². The zero-order valence-corrected chi connectivity index (χ0v) is 12.0. The van der Waals surface area contributed by atoms with Crippen LogP contribution < -0.4 is 0 Å². The Morgan fingerprint density at radius 1 is 1.50 bits per heavy atom. The highest BCUT2D eigenvalue weighted by Gasteiger charge is 2.57. The first-order chi connectivity index (χ1) is 9.38. The molecule has 2 fully saturated rings. The molecule has 0 atom stereocenters. The highest BCUT2D eigenvalue weighted by molar-refractivity contribution is 7.89. The monoisotopic (exact) mass is 299 g/mol. The number of hydrogen-bond donors (Lipinski definition) is 1. The molecule has 1 aromatic rings. The third-order valence-corrected chi connectivity index (χ3v) is 6.13. The number of carboxylic acid groups (broad SMARTS) is 1. The van der Waals surface area contributed by atoms with Crippen molar-refractivity contribution >= 4 is 16.0 Å². The summed E-state index contributed by atoms with van der Waals surface area (Å²) in [5.74, 6) is -1.08. The van der Waals surface area contributed by atoms with Crippen LogP contribution in [0.25, 0.3) is 0 Å². The lowest BCUT2D eigenvalue weighted by Crippen LogP contribution is -2.64. The van der Waals surface area contributed by atoms with Crippen LogP contribution in [0.15, 0.2) is 17.3 Å². The Morgan fingerprint density at radius 3 is 2.70 bits per heavy atom. The Balaban J connectivity index is 1.70. The van der Waals surface area contributed by atoms with Crippen LogP contribution in [0.3, 0.4) is 0 Å². The van der Waals surface area contributed by atoms with E-state index in [1.807, 2.05) is 6.92 Å². The molecule has 3 rings (SSSR count). The van der Waals surface area contributed by atoms with E-state index in [1.165, 1.54) is 21.3 Å². The molecule has 1 saturated heterocycles. The number of hydrogen-bond acceptors (Lipinski definition) is 4. The third-order valence-electron chi connectivity index (χ3n) is 4.31. The summed E-state index contributed by atoms with van der Waals surface area (Å²) in [5.41, 5.74) is -0.104. The Hall–Kier alpha value is -1.41. The standard InChI is InChI=1S/C12H17N3O4S/c1-2-15-10(3-4-13-15)20(18,19)14-7-12(8-14)5-9(6-12)11(16)17/h3-4,9H,2,5-8H2,1H3,(H,16,17). The summed E-state index contributed by atoms with van der Waals surface area (Å²) in [6, 6.07) is 1.50. The van der Waals surface area contributed by atoms with Crippen LogP contribution in [-0.2, 0) is 21.4 Å². The minimum absolute atomic E-state index is 0.104. The summed E-state index contributed by atoms with van der Waals surface area (Å²) in [6.45, 7) is 3.19. The molecule has 8 heteroatoms. The minimum Gasteiger partial charge on any atom is -0.481 e. The number of carboxylic acids is 1. The molecule has 1 saturated carbocycles. The van der Waals surface area contributed by atoms with Crippen molar-refractivity contribution in [2.24, 2.45) is 11.3 Å². The largest absolute Gasteiger partial charge is 0.481 e. The second-order valence-electron chi connectivity index (χ2n) is 5.70. The molecule has 0 aromatic carbocycles. The van der Waals surface area contributed by atoms with Gasteiger partial charge in [0.2, 0.25) is 0 Å². The molecular formula is C12H17N3O4S. The number of aliphatic carboxylic acids is 1. The van der Waals surface area contributed by atoms with Crippen molar-refractivity contribution in [3.05, 3.63) is 12.3 Å². The zero-order chi connectivity index (χ0) is 14.5. The van der Waals surface area contributed by atoms with Gasteiger partial charge in [-0.1, -0.05) is 0 Å². The summed E-state index contributed by atoms with van der Waals surface area (Å²) < 4.78 is 27.8. The van der Waals surface area contributed by atoms with Gasteiger partial charge in [0.1, 0.15) is 0 Å². The summed E-state index contributed by atoms with van der Waals surface area (Å²) in [6.07, 6.45) is 2.65. The van der Waals surface area contributed by atoms with Crippen molar-refractivity contribution in [1.29, 1.82) is 0 Å². The van der Waals surface area contributed by atoms with Crippen molar-refractivity contribution in [2.75, 3.05) is 13.1 Å². The normalized spacial score (nSPS) is 22.4. The Morgan fingerprint density at radius 2 is 2.15 bits per heavy atom. The van der Waals surface area contributed by atoms with E-state index in [0.717, 1.165) is 0 Å². The molecule has 2 aliphatic rings. The van der Waals surface area contributed by atoms with E-state index < -0.39 is 16.0 Å². The average Bonchev–Trinajstić information content (AvgIpc) is 2.72. The van der Waals surface area contributed by atoms with Crippen LogP contribution in [0.5, 0.6) is 0 Å². The first-order valence-electron chi connectivity index (χ1n) is 6.63. The molecule has 7 nitrogen and oxygen atoms in total. The molecule has 110 valence electrons. The van der Waals surface area contributed by atoms with Gasteiger partial charge in [0.05, 0.1) is 12.1 Å². The van der Waals surface area contributed by atoms with Crippen molar-refractivity contribution in [2.45, 2.75) is 31.3 Å².